The third-order valence-corrected chi connectivity index (χ3v) is 4.37. The normalized spacial score (nSPS) is 28.9. The molecule has 0 spiro atoms. The Bertz CT molecular complexity index is 593. The van der Waals surface area contributed by atoms with E-state index in [4.69, 9.17) is 5.73 Å². The van der Waals surface area contributed by atoms with Crippen molar-refractivity contribution in [3.63, 3.8) is 0 Å². The number of aromatic nitrogens is 3. The van der Waals surface area contributed by atoms with Crippen molar-refractivity contribution in [2.24, 2.45) is 5.73 Å². The van der Waals surface area contributed by atoms with E-state index in [0.29, 0.717) is 11.8 Å². The van der Waals surface area contributed by atoms with Crippen LogP contribution in [-0.4, -0.2) is 34.3 Å². The molecule has 0 radical (unpaired) electrons. The molecular formula is C15H19N5. The van der Waals surface area contributed by atoms with E-state index in [-0.39, 0.29) is 6.04 Å². The lowest BCUT2D eigenvalue weighted by Gasteiger charge is -2.11. The molecule has 1 aliphatic heterocycles. The summed E-state index contributed by atoms with van der Waals surface area (Å²) >= 11 is 0. The van der Waals surface area contributed by atoms with E-state index >= 15 is 0 Å². The van der Waals surface area contributed by atoms with Gasteiger partial charge < -0.3 is 10.6 Å². The Labute approximate surface area is 118 Å². The van der Waals surface area contributed by atoms with Crippen LogP contribution in [0.2, 0.25) is 0 Å². The highest BCUT2D eigenvalue weighted by Crippen LogP contribution is 2.53. The predicted molar refractivity (Wildman–Crippen MR) is 77.7 cm³/mol. The van der Waals surface area contributed by atoms with Crippen LogP contribution in [0.25, 0.3) is 0 Å². The molecule has 104 valence electrons. The van der Waals surface area contributed by atoms with Gasteiger partial charge in [0.15, 0.2) is 0 Å². The molecule has 2 aliphatic rings. The molecule has 1 aromatic heterocycles. The van der Waals surface area contributed by atoms with Crippen LogP contribution in [0.1, 0.15) is 36.1 Å². The van der Waals surface area contributed by atoms with Gasteiger partial charge in [-0.15, -0.1) is 5.10 Å². The Kier molecular flexibility index (Phi) is 2.73. The number of nitrogens with zero attached hydrogens (tertiary/aromatic N) is 3. The first-order chi connectivity index (χ1) is 9.81. The first-order valence-corrected chi connectivity index (χ1v) is 7.29. The topological polar surface area (TPSA) is 70.8 Å². The number of H-pyrrole nitrogens is 1. The lowest BCUT2D eigenvalue weighted by molar-refractivity contribution is 0.750. The van der Waals surface area contributed by atoms with Crippen molar-refractivity contribution in [1.29, 1.82) is 0 Å². The second-order valence-electron chi connectivity index (χ2n) is 5.87. The van der Waals surface area contributed by atoms with Crippen molar-refractivity contribution >= 4 is 5.95 Å². The van der Waals surface area contributed by atoms with E-state index in [9.17, 15) is 0 Å². The SMILES string of the molecule is NC1CCN(c2n[nH]c(C3CC3c3ccccc3)n2)C1. The number of hydrogen-bond donors (Lipinski definition) is 2. The third-order valence-electron chi connectivity index (χ3n) is 4.37. The van der Waals surface area contributed by atoms with Gasteiger partial charge in [-0.3, -0.25) is 5.10 Å². The minimum absolute atomic E-state index is 0.259. The fraction of sp³-hybridized carbons (Fsp3) is 0.467. The summed E-state index contributed by atoms with van der Waals surface area (Å²) in [5.74, 6) is 2.92. The van der Waals surface area contributed by atoms with Crippen LogP contribution in [-0.2, 0) is 0 Å². The van der Waals surface area contributed by atoms with Crippen LogP contribution >= 0.6 is 0 Å². The summed E-state index contributed by atoms with van der Waals surface area (Å²) in [7, 11) is 0. The second-order valence-corrected chi connectivity index (χ2v) is 5.87. The molecule has 1 saturated heterocycles. The van der Waals surface area contributed by atoms with Gasteiger partial charge in [-0.1, -0.05) is 30.3 Å². The molecule has 1 aromatic carbocycles. The molecule has 1 saturated carbocycles. The average Bonchev–Trinajstić information content (AvgIpc) is 2.91. The molecule has 5 heteroatoms. The lowest BCUT2D eigenvalue weighted by atomic mass is 10.1. The standard InChI is InChI=1S/C15H19N5/c16-11-6-7-20(9-11)15-17-14(18-19-15)13-8-12(13)10-4-2-1-3-5-10/h1-5,11-13H,6-9,16H2,(H,17,18,19). The van der Waals surface area contributed by atoms with Gasteiger partial charge in [-0.2, -0.15) is 4.98 Å². The Morgan fingerprint density at radius 3 is 2.80 bits per heavy atom. The molecule has 0 amide bonds. The first-order valence-electron chi connectivity index (χ1n) is 7.29. The zero-order valence-corrected chi connectivity index (χ0v) is 11.4. The molecule has 0 bridgehead atoms. The molecular weight excluding hydrogens is 250 g/mol. The molecule has 2 fully saturated rings. The van der Waals surface area contributed by atoms with Crippen molar-refractivity contribution in [2.75, 3.05) is 18.0 Å². The van der Waals surface area contributed by atoms with Crippen LogP contribution in [0.3, 0.4) is 0 Å². The van der Waals surface area contributed by atoms with Crippen LogP contribution in [0, 0.1) is 0 Å². The van der Waals surface area contributed by atoms with E-state index in [0.717, 1.165) is 37.7 Å². The molecule has 2 heterocycles. The van der Waals surface area contributed by atoms with E-state index in [1.165, 1.54) is 5.56 Å². The largest absolute Gasteiger partial charge is 0.338 e. The highest BCUT2D eigenvalue weighted by atomic mass is 15.4. The second kappa shape index (κ2) is 4.59. The number of nitrogens with one attached hydrogen (secondary N) is 1. The maximum atomic E-state index is 5.93. The summed E-state index contributed by atoms with van der Waals surface area (Å²) in [6.07, 6.45) is 2.19. The average molecular weight is 269 g/mol. The number of anilines is 1. The Morgan fingerprint density at radius 2 is 2.05 bits per heavy atom. The first kappa shape index (κ1) is 11.9. The van der Waals surface area contributed by atoms with Crippen molar-refractivity contribution in [3.8, 4) is 0 Å². The van der Waals surface area contributed by atoms with Gasteiger partial charge in [0.1, 0.15) is 5.82 Å². The van der Waals surface area contributed by atoms with Crippen LogP contribution in [0.5, 0.6) is 0 Å². The fourth-order valence-electron chi connectivity index (χ4n) is 3.11. The molecule has 3 unspecified atom stereocenters. The van der Waals surface area contributed by atoms with Gasteiger partial charge in [0, 0.05) is 25.0 Å². The highest BCUT2D eigenvalue weighted by molar-refractivity contribution is 5.36. The third kappa shape index (κ3) is 2.08. The van der Waals surface area contributed by atoms with Crippen LogP contribution in [0.15, 0.2) is 30.3 Å². The van der Waals surface area contributed by atoms with Gasteiger partial charge in [0.2, 0.25) is 5.95 Å². The van der Waals surface area contributed by atoms with E-state index < -0.39 is 0 Å². The summed E-state index contributed by atoms with van der Waals surface area (Å²) in [4.78, 5) is 6.84. The molecule has 5 nitrogen and oxygen atoms in total. The van der Waals surface area contributed by atoms with Gasteiger partial charge in [-0.05, 0) is 24.3 Å². The predicted octanol–water partition coefficient (Wildman–Crippen LogP) is 1.61. The van der Waals surface area contributed by atoms with E-state index in [2.05, 4.69) is 50.4 Å². The monoisotopic (exact) mass is 269 g/mol. The van der Waals surface area contributed by atoms with E-state index in [1.807, 2.05) is 0 Å². The molecule has 2 aromatic rings. The van der Waals surface area contributed by atoms with Crippen molar-refractivity contribution in [1.82, 2.24) is 15.2 Å². The zero-order chi connectivity index (χ0) is 13.5. The summed E-state index contributed by atoms with van der Waals surface area (Å²) < 4.78 is 0. The maximum Gasteiger partial charge on any atom is 0.244 e. The number of nitrogens with two attached hydrogens (primary N) is 1. The smallest absolute Gasteiger partial charge is 0.244 e. The highest BCUT2D eigenvalue weighted by Gasteiger charge is 2.42. The molecule has 20 heavy (non-hydrogen) atoms. The summed E-state index contributed by atoms with van der Waals surface area (Å²) in [5, 5.41) is 7.47. The number of rotatable bonds is 3. The lowest BCUT2D eigenvalue weighted by Crippen LogP contribution is -2.26. The summed E-state index contributed by atoms with van der Waals surface area (Å²) in [6, 6.07) is 10.9. The Morgan fingerprint density at radius 1 is 1.20 bits per heavy atom. The molecule has 4 rings (SSSR count). The minimum atomic E-state index is 0.259. The van der Waals surface area contributed by atoms with Crippen molar-refractivity contribution in [3.05, 3.63) is 41.7 Å². The summed E-state index contributed by atoms with van der Waals surface area (Å²) in [5.41, 5.74) is 7.33. The molecule has 3 N–H and O–H groups in total. The van der Waals surface area contributed by atoms with Gasteiger partial charge in [-0.25, -0.2) is 0 Å². The Hall–Kier alpha value is -1.88. The fourth-order valence-corrected chi connectivity index (χ4v) is 3.11. The number of hydrogen-bond acceptors (Lipinski definition) is 4. The maximum absolute atomic E-state index is 5.93. The van der Waals surface area contributed by atoms with Gasteiger partial charge in [0.05, 0.1) is 0 Å². The minimum Gasteiger partial charge on any atom is -0.338 e. The number of benzene rings is 1. The van der Waals surface area contributed by atoms with Gasteiger partial charge in [0.25, 0.3) is 0 Å². The van der Waals surface area contributed by atoms with E-state index in [1.54, 1.807) is 0 Å². The van der Waals surface area contributed by atoms with Gasteiger partial charge >= 0.3 is 0 Å². The number of aromatic amines is 1. The molecule has 3 atom stereocenters. The van der Waals surface area contributed by atoms with Crippen LogP contribution < -0.4 is 10.6 Å². The molecule has 1 aliphatic carbocycles. The zero-order valence-electron chi connectivity index (χ0n) is 11.4. The van der Waals surface area contributed by atoms with Crippen molar-refractivity contribution < 1.29 is 0 Å². The summed E-state index contributed by atoms with van der Waals surface area (Å²) in [6.45, 7) is 1.83. The van der Waals surface area contributed by atoms with Crippen LogP contribution in [0.4, 0.5) is 5.95 Å². The quantitative estimate of drug-likeness (QED) is 0.888. The Balaban J connectivity index is 1.47. The van der Waals surface area contributed by atoms with Crippen molar-refractivity contribution in [2.45, 2.75) is 30.7 Å².